The highest BCUT2D eigenvalue weighted by atomic mass is 32.2. The topological polar surface area (TPSA) is 58.6 Å². The van der Waals surface area contributed by atoms with Crippen LogP contribution in [-0.2, 0) is 9.59 Å². The number of hydrogen-bond donors (Lipinski definition) is 1. The smallest absolute Gasteiger partial charge is 0.250 e. The largest absolute Gasteiger partial charge is 0.497 e. The lowest BCUT2D eigenvalue weighted by molar-refractivity contribution is -0.164. The van der Waals surface area contributed by atoms with E-state index in [1.165, 1.54) is 12.1 Å². The van der Waals surface area contributed by atoms with E-state index in [4.69, 9.17) is 4.74 Å². The molecule has 0 bridgehead atoms. The second-order valence-electron chi connectivity index (χ2n) is 7.36. The third-order valence-electron chi connectivity index (χ3n) is 5.75. The quantitative estimate of drug-likeness (QED) is 0.751. The van der Waals surface area contributed by atoms with Crippen LogP contribution in [0.4, 0.5) is 10.1 Å². The Balaban J connectivity index is 1.62. The number of ether oxygens (including phenoxy) is 1. The van der Waals surface area contributed by atoms with Crippen molar-refractivity contribution in [2.75, 3.05) is 23.9 Å². The number of carbonyl (C=O) groups excluding carboxylic acids is 2. The number of benzene rings is 2. The minimum Gasteiger partial charge on any atom is -0.497 e. The summed E-state index contributed by atoms with van der Waals surface area (Å²) in [5, 5.41) is 3.00. The Labute approximate surface area is 173 Å². The van der Waals surface area contributed by atoms with Crippen molar-refractivity contribution in [3.63, 3.8) is 0 Å². The van der Waals surface area contributed by atoms with Crippen molar-refractivity contribution in [2.24, 2.45) is 0 Å². The number of hydrogen-bond acceptors (Lipinski definition) is 4. The lowest BCUT2D eigenvalue weighted by Crippen LogP contribution is -2.66. The van der Waals surface area contributed by atoms with E-state index in [0.29, 0.717) is 30.7 Å². The van der Waals surface area contributed by atoms with Crippen LogP contribution in [0, 0.1) is 5.82 Å². The van der Waals surface area contributed by atoms with Crippen molar-refractivity contribution in [1.82, 2.24) is 4.90 Å². The maximum atomic E-state index is 13.4. The van der Waals surface area contributed by atoms with Gasteiger partial charge in [-0.15, -0.1) is 0 Å². The second kappa shape index (κ2) is 8.06. The highest BCUT2D eigenvalue weighted by molar-refractivity contribution is 7.99. The molecule has 2 heterocycles. The number of likely N-dealkylation sites (tertiary alicyclic amines) is 1. The molecule has 0 saturated carbocycles. The van der Waals surface area contributed by atoms with Gasteiger partial charge in [0.1, 0.15) is 17.1 Å². The number of amides is 2. The molecule has 2 aliphatic rings. The Morgan fingerprint density at radius 3 is 2.38 bits per heavy atom. The molecule has 2 amide bonds. The average Bonchev–Trinajstić information content (AvgIpc) is 2.74. The summed E-state index contributed by atoms with van der Waals surface area (Å²) in [7, 11) is 1.59. The van der Waals surface area contributed by atoms with Crippen LogP contribution in [-0.4, -0.2) is 40.9 Å². The standard InChI is InChI=1S/C22H23FN2O3S/c1-28-18-8-6-17(7-9-18)24-21(27)22(10-12-29-13-11-22)25-19(14-20(25)26)15-2-4-16(23)5-3-15/h2-9,19H,10-14H2,1H3,(H,24,27). The van der Waals surface area contributed by atoms with Crippen LogP contribution >= 0.6 is 11.8 Å². The highest BCUT2D eigenvalue weighted by Gasteiger charge is 2.55. The predicted molar refractivity (Wildman–Crippen MR) is 112 cm³/mol. The predicted octanol–water partition coefficient (Wildman–Crippen LogP) is 4.01. The molecule has 5 nitrogen and oxygen atoms in total. The molecule has 2 aromatic carbocycles. The molecule has 2 saturated heterocycles. The van der Waals surface area contributed by atoms with Crippen molar-refractivity contribution < 1.29 is 18.7 Å². The number of methoxy groups -OCH3 is 1. The van der Waals surface area contributed by atoms with Gasteiger partial charge in [0.05, 0.1) is 19.6 Å². The van der Waals surface area contributed by atoms with Crippen molar-refractivity contribution in [3.05, 3.63) is 59.9 Å². The normalized spacial score (nSPS) is 20.7. The Morgan fingerprint density at radius 1 is 1.14 bits per heavy atom. The van der Waals surface area contributed by atoms with Crippen molar-refractivity contribution in [1.29, 1.82) is 0 Å². The fourth-order valence-corrected chi connectivity index (χ4v) is 5.28. The van der Waals surface area contributed by atoms with Crippen LogP contribution < -0.4 is 10.1 Å². The first-order valence-corrected chi connectivity index (χ1v) is 10.8. The lowest BCUT2D eigenvalue weighted by Gasteiger charge is -2.53. The van der Waals surface area contributed by atoms with E-state index in [2.05, 4.69) is 5.32 Å². The van der Waals surface area contributed by atoms with Crippen LogP contribution in [0.3, 0.4) is 0 Å². The van der Waals surface area contributed by atoms with E-state index in [9.17, 15) is 14.0 Å². The highest BCUT2D eigenvalue weighted by Crippen LogP contribution is 2.46. The van der Waals surface area contributed by atoms with Crippen molar-refractivity contribution >= 4 is 29.3 Å². The summed E-state index contributed by atoms with van der Waals surface area (Å²) in [6, 6.07) is 13.2. The Bertz CT molecular complexity index is 895. The van der Waals surface area contributed by atoms with Gasteiger partial charge < -0.3 is 15.0 Å². The van der Waals surface area contributed by atoms with Crippen LogP contribution in [0.15, 0.2) is 48.5 Å². The molecule has 0 spiro atoms. The molecule has 1 atom stereocenters. The summed E-state index contributed by atoms with van der Waals surface area (Å²) >= 11 is 1.79. The van der Waals surface area contributed by atoms with Gasteiger partial charge >= 0.3 is 0 Å². The molecule has 29 heavy (non-hydrogen) atoms. The first-order valence-electron chi connectivity index (χ1n) is 9.64. The number of carbonyl (C=O) groups is 2. The van der Waals surface area contributed by atoms with Crippen molar-refractivity contribution in [2.45, 2.75) is 30.8 Å². The minimum absolute atomic E-state index is 0.0314. The van der Waals surface area contributed by atoms with E-state index in [1.807, 2.05) is 0 Å². The van der Waals surface area contributed by atoms with Gasteiger partial charge in [-0.2, -0.15) is 11.8 Å². The van der Waals surface area contributed by atoms with E-state index >= 15 is 0 Å². The fourth-order valence-electron chi connectivity index (χ4n) is 4.11. The molecule has 0 radical (unpaired) electrons. The zero-order valence-electron chi connectivity index (χ0n) is 16.2. The van der Waals surface area contributed by atoms with Crippen LogP contribution in [0.5, 0.6) is 5.75 Å². The van der Waals surface area contributed by atoms with E-state index in [1.54, 1.807) is 60.2 Å². The number of nitrogens with zero attached hydrogens (tertiary/aromatic N) is 1. The van der Waals surface area contributed by atoms with Gasteiger partial charge in [-0.25, -0.2) is 4.39 Å². The summed E-state index contributed by atoms with van der Waals surface area (Å²) in [6.45, 7) is 0. The third kappa shape index (κ3) is 3.71. The molecular weight excluding hydrogens is 391 g/mol. The van der Waals surface area contributed by atoms with Gasteiger partial charge in [0, 0.05) is 5.69 Å². The van der Waals surface area contributed by atoms with Crippen LogP contribution in [0.1, 0.15) is 30.9 Å². The zero-order chi connectivity index (χ0) is 20.4. The molecular formula is C22H23FN2O3S. The third-order valence-corrected chi connectivity index (χ3v) is 6.74. The summed E-state index contributed by atoms with van der Waals surface area (Å²) in [5.41, 5.74) is 0.639. The van der Waals surface area contributed by atoms with Gasteiger partial charge in [-0.1, -0.05) is 12.1 Å². The summed E-state index contributed by atoms with van der Waals surface area (Å²) in [5.74, 6) is 1.83. The number of nitrogens with one attached hydrogen (secondary N) is 1. The molecule has 152 valence electrons. The summed E-state index contributed by atoms with van der Waals surface area (Å²) < 4.78 is 18.5. The number of anilines is 1. The molecule has 2 fully saturated rings. The molecule has 0 aromatic heterocycles. The maximum absolute atomic E-state index is 13.4. The molecule has 1 unspecified atom stereocenters. The lowest BCUT2D eigenvalue weighted by atomic mass is 9.80. The number of thioether (sulfide) groups is 1. The number of β-lactam (4-membered cyclic amide) rings is 1. The Hall–Kier alpha value is -2.54. The van der Waals surface area contributed by atoms with Crippen molar-refractivity contribution in [3.8, 4) is 5.75 Å². The molecule has 4 rings (SSSR count). The molecule has 1 N–H and O–H groups in total. The minimum atomic E-state index is -0.889. The molecule has 2 aliphatic heterocycles. The van der Waals surface area contributed by atoms with Crippen LogP contribution in [0.25, 0.3) is 0 Å². The number of rotatable bonds is 5. The number of halogens is 1. The summed E-state index contributed by atoms with van der Waals surface area (Å²) in [6.07, 6.45) is 1.54. The van der Waals surface area contributed by atoms with E-state index in [-0.39, 0.29) is 23.7 Å². The van der Waals surface area contributed by atoms with Crippen LogP contribution in [0.2, 0.25) is 0 Å². The maximum Gasteiger partial charge on any atom is 0.250 e. The van der Waals surface area contributed by atoms with Gasteiger partial charge in [0.15, 0.2) is 0 Å². The second-order valence-corrected chi connectivity index (χ2v) is 8.59. The Kier molecular flexibility index (Phi) is 5.50. The van der Waals surface area contributed by atoms with E-state index < -0.39 is 5.54 Å². The first-order chi connectivity index (χ1) is 14.0. The molecule has 7 heteroatoms. The Morgan fingerprint density at radius 2 is 1.79 bits per heavy atom. The van der Waals surface area contributed by atoms with Gasteiger partial charge in [-0.3, -0.25) is 9.59 Å². The SMILES string of the molecule is COc1ccc(NC(=O)C2(N3C(=O)CC3c3ccc(F)cc3)CCSCC2)cc1. The van der Waals surface area contributed by atoms with Gasteiger partial charge in [0.2, 0.25) is 11.8 Å². The van der Waals surface area contributed by atoms with E-state index in [0.717, 1.165) is 17.1 Å². The zero-order valence-corrected chi connectivity index (χ0v) is 17.0. The molecule has 2 aromatic rings. The fraction of sp³-hybridized carbons (Fsp3) is 0.364. The first kappa shape index (κ1) is 19.8. The van der Waals surface area contributed by atoms with Gasteiger partial charge in [0.25, 0.3) is 0 Å². The monoisotopic (exact) mass is 414 g/mol. The average molecular weight is 415 g/mol. The summed E-state index contributed by atoms with van der Waals surface area (Å²) in [4.78, 5) is 27.9. The van der Waals surface area contributed by atoms with Gasteiger partial charge in [-0.05, 0) is 66.3 Å². The molecule has 0 aliphatic carbocycles.